The van der Waals surface area contributed by atoms with Crippen molar-refractivity contribution in [2.45, 2.75) is 18.2 Å². The maximum absolute atomic E-state index is 11.6. The largest absolute Gasteiger partial charge is 0.508 e. The Morgan fingerprint density at radius 1 is 1.62 bits per heavy atom. The third-order valence-corrected chi connectivity index (χ3v) is 2.84. The van der Waals surface area contributed by atoms with Gasteiger partial charge in [0.1, 0.15) is 5.75 Å². The number of hydrogen-bond acceptors (Lipinski definition) is 2. The second-order valence-corrected chi connectivity index (χ2v) is 3.90. The van der Waals surface area contributed by atoms with Gasteiger partial charge in [-0.05, 0) is 18.6 Å². The van der Waals surface area contributed by atoms with Crippen LogP contribution < -0.4 is 0 Å². The zero-order valence-corrected chi connectivity index (χ0v) is 8.91. The standard InChI is InChI=1S/C10H11BrO2/c1-2-9(11)10(13)7-4-3-5-8(12)6-7/h3-6,9,12H,2H2,1H3. The molecule has 0 bridgehead atoms. The quantitative estimate of drug-likeness (QED) is 0.654. The Bertz CT molecular complexity index is 310. The Balaban J connectivity index is 2.89. The van der Waals surface area contributed by atoms with Gasteiger partial charge >= 0.3 is 0 Å². The van der Waals surface area contributed by atoms with E-state index in [1.54, 1.807) is 18.2 Å². The second kappa shape index (κ2) is 4.42. The Kier molecular flexibility index (Phi) is 3.48. The molecule has 1 N–H and O–H groups in total. The number of alkyl halides is 1. The van der Waals surface area contributed by atoms with Crippen molar-refractivity contribution in [3.05, 3.63) is 29.8 Å². The third kappa shape index (κ3) is 2.56. The van der Waals surface area contributed by atoms with Crippen LogP contribution in [0, 0.1) is 0 Å². The highest BCUT2D eigenvalue weighted by atomic mass is 79.9. The average molecular weight is 243 g/mol. The fourth-order valence-corrected chi connectivity index (χ4v) is 1.29. The summed E-state index contributed by atoms with van der Waals surface area (Å²) in [6, 6.07) is 6.39. The molecule has 0 spiro atoms. The van der Waals surface area contributed by atoms with Crippen molar-refractivity contribution in [2.24, 2.45) is 0 Å². The van der Waals surface area contributed by atoms with Crippen LogP contribution in [0.1, 0.15) is 23.7 Å². The van der Waals surface area contributed by atoms with Crippen LogP contribution in [0.2, 0.25) is 0 Å². The molecule has 0 aromatic heterocycles. The van der Waals surface area contributed by atoms with E-state index in [0.717, 1.165) is 6.42 Å². The number of benzene rings is 1. The summed E-state index contributed by atoms with van der Waals surface area (Å²) in [6.07, 6.45) is 0.745. The highest BCUT2D eigenvalue weighted by molar-refractivity contribution is 9.10. The Morgan fingerprint density at radius 2 is 2.31 bits per heavy atom. The van der Waals surface area contributed by atoms with Crippen LogP contribution in [0.15, 0.2) is 24.3 Å². The number of phenols is 1. The smallest absolute Gasteiger partial charge is 0.176 e. The molecule has 0 aliphatic carbocycles. The highest BCUT2D eigenvalue weighted by Gasteiger charge is 2.14. The molecule has 70 valence electrons. The van der Waals surface area contributed by atoms with E-state index in [2.05, 4.69) is 15.9 Å². The predicted octanol–water partition coefficient (Wildman–Crippen LogP) is 2.75. The lowest BCUT2D eigenvalue weighted by Gasteiger charge is -2.05. The van der Waals surface area contributed by atoms with Crippen LogP contribution in [-0.4, -0.2) is 15.7 Å². The van der Waals surface area contributed by atoms with Crippen molar-refractivity contribution >= 4 is 21.7 Å². The monoisotopic (exact) mass is 242 g/mol. The predicted molar refractivity (Wildman–Crippen MR) is 55.4 cm³/mol. The van der Waals surface area contributed by atoms with E-state index in [9.17, 15) is 4.79 Å². The number of Topliss-reactive ketones (excluding diaryl/α,β-unsaturated/α-hetero) is 1. The van der Waals surface area contributed by atoms with Gasteiger partial charge < -0.3 is 5.11 Å². The minimum Gasteiger partial charge on any atom is -0.508 e. The molecule has 1 rings (SSSR count). The molecule has 0 radical (unpaired) electrons. The summed E-state index contributed by atoms with van der Waals surface area (Å²) in [5, 5.41) is 9.15. The number of hydrogen-bond donors (Lipinski definition) is 1. The molecule has 3 heteroatoms. The van der Waals surface area contributed by atoms with Crippen LogP contribution in [0.3, 0.4) is 0 Å². The van der Waals surface area contributed by atoms with Crippen LogP contribution in [-0.2, 0) is 0 Å². The summed E-state index contributed by atoms with van der Waals surface area (Å²) in [5.74, 6) is 0.139. The van der Waals surface area contributed by atoms with E-state index < -0.39 is 0 Å². The maximum atomic E-state index is 11.6. The van der Waals surface area contributed by atoms with Crippen molar-refractivity contribution < 1.29 is 9.90 Å². The fourth-order valence-electron chi connectivity index (χ4n) is 1.03. The van der Waals surface area contributed by atoms with E-state index in [1.165, 1.54) is 6.07 Å². The third-order valence-electron chi connectivity index (χ3n) is 1.77. The number of phenolic OH excluding ortho intramolecular Hbond substituents is 1. The zero-order valence-electron chi connectivity index (χ0n) is 7.33. The van der Waals surface area contributed by atoms with Crippen molar-refractivity contribution in [3.8, 4) is 5.75 Å². The maximum Gasteiger partial charge on any atom is 0.176 e. The first-order valence-electron chi connectivity index (χ1n) is 4.12. The molecule has 0 amide bonds. The van der Waals surface area contributed by atoms with Crippen LogP contribution >= 0.6 is 15.9 Å². The molecule has 1 atom stereocenters. The number of rotatable bonds is 3. The van der Waals surface area contributed by atoms with E-state index >= 15 is 0 Å². The number of carbonyl (C=O) groups excluding carboxylic acids is 1. The van der Waals surface area contributed by atoms with Gasteiger partial charge in [0, 0.05) is 5.56 Å². The first kappa shape index (κ1) is 10.3. The molecule has 1 unspecified atom stereocenters. The van der Waals surface area contributed by atoms with Gasteiger partial charge in [0.25, 0.3) is 0 Å². The van der Waals surface area contributed by atoms with Crippen LogP contribution in [0.5, 0.6) is 5.75 Å². The second-order valence-electron chi connectivity index (χ2n) is 2.79. The molecular weight excluding hydrogens is 232 g/mol. The van der Waals surface area contributed by atoms with Gasteiger partial charge in [-0.2, -0.15) is 0 Å². The lowest BCUT2D eigenvalue weighted by Crippen LogP contribution is -2.12. The van der Waals surface area contributed by atoms with E-state index in [1.807, 2.05) is 6.92 Å². The van der Waals surface area contributed by atoms with Crippen molar-refractivity contribution in [1.29, 1.82) is 0 Å². The van der Waals surface area contributed by atoms with Gasteiger partial charge in [-0.25, -0.2) is 0 Å². The first-order valence-corrected chi connectivity index (χ1v) is 5.04. The fraction of sp³-hybridized carbons (Fsp3) is 0.300. The number of halogens is 1. The van der Waals surface area contributed by atoms with Gasteiger partial charge in [-0.15, -0.1) is 0 Å². The lowest BCUT2D eigenvalue weighted by molar-refractivity contribution is 0.0990. The van der Waals surface area contributed by atoms with Crippen molar-refractivity contribution in [1.82, 2.24) is 0 Å². The summed E-state index contributed by atoms with van der Waals surface area (Å²) in [6.45, 7) is 1.93. The first-order chi connectivity index (χ1) is 6.15. The minimum atomic E-state index is -0.158. The van der Waals surface area contributed by atoms with Gasteiger partial charge in [-0.1, -0.05) is 35.0 Å². The topological polar surface area (TPSA) is 37.3 Å². The molecule has 0 saturated carbocycles. The van der Waals surface area contributed by atoms with E-state index in [-0.39, 0.29) is 16.4 Å². The normalized spacial score (nSPS) is 12.5. The molecular formula is C10H11BrO2. The summed E-state index contributed by atoms with van der Waals surface area (Å²) >= 11 is 3.27. The molecule has 0 heterocycles. The van der Waals surface area contributed by atoms with Crippen molar-refractivity contribution in [2.75, 3.05) is 0 Å². The Hall–Kier alpha value is -0.830. The number of aromatic hydroxyl groups is 1. The van der Waals surface area contributed by atoms with E-state index in [4.69, 9.17) is 5.11 Å². The average Bonchev–Trinajstić information content (AvgIpc) is 2.15. The lowest BCUT2D eigenvalue weighted by atomic mass is 10.1. The molecule has 0 saturated heterocycles. The number of ketones is 1. The Labute approximate surface area is 85.7 Å². The molecule has 1 aromatic carbocycles. The summed E-state index contributed by atoms with van der Waals surface area (Å²) in [4.78, 5) is 11.4. The molecule has 13 heavy (non-hydrogen) atoms. The summed E-state index contributed by atoms with van der Waals surface area (Å²) < 4.78 is 0. The SMILES string of the molecule is CCC(Br)C(=O)c1cccc(O)c1. The Morgan fingerprint density at radius 3 is 2.85 bits per heavy atom. The molecule has 2 nitrogen and oxygen atoms in total. The highest BCUT2D eigenvalue weighted by Crippen LogP contribution is 2.17. The molecule has 0 fully saturated rings. The summed E-state index contributed by atoms with van der Waals surface area (Å²) in [5.41, 5.74) is 0.545. The number of carbonyl (C=O) groups is 1. The van der Waals surface area contributed by atoms with Crippen molar-refractivity contribution in [3.63, 3.8) is 0 Å². The van der Waals surface area contributed by atoms with Gasteiger partial charge in [0.2, 0.25) is 0 Å². The zero-order chi connectivity index (χ0) is 9.84. The van der Waals surface area contributed by atoms with Gasteiger partial charge in [-0.3, -0.25) is 4.79 Å². The van der Waals surface area contributed by atoms with Crippen LogP contribution in [0.4, 0.5) is 0 Å². The summed E-state index contributed by atoms with van der Waals surface area (Å²) in [7, 11) is 0. The minimum absolute atomic E-state index is 0.0124. The van der Waals surface area contributed by atoms with Gasteiger partial charge in [0.05, 0.1) is 4.83 Å². The van der Waals surface area contributed by atoms with E-state index in [0.29, 0.717) is 5.56 Å². The molecule has 0 aliphatic heterocycles. The van der Waals surface area contributed by atoms with Gasteiger partial charge in [0.15, 0.2) is 5.78 Å². The molecule has 0 aliphatic rings. The van der Waals surface area contributed by atoms with Crippen LogP contribution in [0.25, 0.3) is 0 Å². The molecule has 1 aromatic rings.